The molecule has 0 unspecified atom stereocenters. The predicted molar refractivity (Wildman–Crippen MR) is 84.9 cm³/mol. The van der Waals surface area contributed by atoms with Crippen molar-refractivity contribution < 1.29 is 18.6 Å². The van der Waals surface area contributed by atoms with Crippen LogP contribution in [0.5, 0.6) is 11.5 Å². The van der Waals surface area contributed by atoms with Crippen LogP contribution in [0.3, 0.4) is 0 Å². The average molecular weight is 320 g/mol. The monoisotopic (exact) mass is 320 g/mol. The molecule has 0 saturated carbocycles. The van der Waals surface area contributed by atoms with E-state index in [2.05, 4.69) is 6.92 Å². The first-order valence-corrected chi connectivity index (χ1v) is 8.79. The van der Waals surface area contributed by atoms with E-state index in [9.17, 15) is 18.6 Å². The highest BCUT2D eigenvalue weighted by atomic mass is 32.2. The minimum atomic E-state index is -3.65. The molecule has 0 aromatic heterocycles. The third-order valence-electron chi connectivity index (χ3n) is 3.56. The lowest BCUT2D eigenvalue weighted by atomic mass is 10.1. The lowest BCUT2D eigenvalue weighted by Crippen LogP contribution is -2.02. The van der Waals surface area contributed by atoms with Crippen molar-refractivity contribution in [3.8, 4) is 11.5 Å². The van der Waals surface area contributed by atoms with Crippen LogP contribution in [0.1, 0.15) is 31.7 Å². The summed E-state index contributed by atoms with van der Waals surface area (Å²) < 4.78 is 25.2. The van der Waals surface area contributed by atoms with Crippen molar-refractivity contribution in [1.82, 2.24) is 0 Å². The van der Waals surface area contributed by atoms with Gasteiger partial charge in [-0.1, -0.05) is 19.8 Å². The second-order valence-electron chi connectivity index (χ2n) is 5.24. The molecule has 2 N–H and O–H groups in total. The Balaban J connectivity index is 2.35. The number of benzene rings is 2. The van der Waals surface area contributed by atoms with Gasteiger partial charge in [0.05, 0.1) is 9.79 Å². The smallest absolute Gasteiger partial charge is 0.206 e. The molecule has 22 heavy (non-hydrogen) atoms. The fourth-order valence-corrected chi connectivity index (χ4v) is 3.57. The fourth-order valence-electron chi connectivity index (χ4n) is 2.26. The van der Waals surface area contributed by atoms with E-state index in [0.717, 1.165) is 19.3 Å². The molecule has 2 aromatic carbocycles. The fraction of sp³-hybridized carbons (Fsp3) is 0.294. The molecule has 0 amide bonds. The maximum Gasteiger partial charge on any atom is 0.206 e. The third-order valence-corrected chi connectivity index (χ3v) is 5.33. The first kappa shape index (κ1) is 16.4. The van der Waals surface area contributed by atoms with E-state index in [1.807, 2.05) is 0 Å². The van der Waals surface area contributed by atoms with Gasteiger partial charge in [0.2, 0.25) is 9.84 Å². The molecular formula is C17H20O4S. The summed E-state index contributed by atoms with van der Waals surface area (Å²) in [5.41, 5.74) is 0.647. The minimum absolute atomic E-state index is 0.0184. The Kier molecular flexibility index (Phi) is 5.08. The van der Waals surface area contributed by atoms with Gasteiger partial charge in [-0.3, -0.25) is 0 Å². The zero-order valence-electron chi connectivity index (χ0n) is 12.5. The van der Waals surface area contributed by atoms with Crippen LogP contribution >= 0.6 is 0 Å². The van der Waals surface area contributed by atoms with Gasteiger partial charge >= 0.3 is 0 Å². The molecule has 0 aliphatic rings. The van der Waals surface area contributed by atoms with Crippen LogP contribution in [-0.4, -0.2) is 18.6 Å². The summed E-state index contributed by atoms with van der Waals surface area (Å²) in [6.45, 7) is 2.09. The molecule has 0 heterocycles. The van der Waals surface area contributed by atoms with E-state index in [0.29, 0.717) is 12.0 Å². The number of sulfone groups is 1. The summed E-state index contributed by atoms with van der Waals surface area (Å²) in [5, 5.41) is 19.1. The molecule has 2 aromatic rings. The third kappa shape index (κ3) is 3.60. The van der Waals surface area contributed by atoms with Crippen molar-refractivity contribution in [2.45, 2.75) is 42.4 Å². The number of aryl methyl sites for hydroxylation is 1. The van der Waals surface area contributed by atoms with Crippen molar-refractivity contribution in [2.75, 3.05) is 0 Å². The molecule has 118 valence electrons. The number of phenols is 2. The van der Waals surface area contributed by atoms with Crippen molar-refractivity contribution >= 4 is 9.84 Å². The summed E-state index contributed by atoms with van der Waals surface area (Å²) in [4.78, 5) is 0.276. The van der Waals surface area contributed by atoms with E-state index in [4.69, 9.17) is 0 Å². The summed E-state index contributed by atoms with van der Waals surface area (Å²) in [7, 11) is -3.65. The van der Waals surface area contributed by atoms with E-state index in [-0.39, 0.29) is 21.3 Å². The van der Waals surface area contributed by atoms with Crippen molar-refractivity contribution in [1.29, 1.82) is 0 Å². The highest BCUT2D eigenvalue weighted by Crippen LogP contribution is 2.28. The number of unbranched alkanes of at least 4 members (excludes halogenated alkanes) is 2. The highest BCUT2D eigenvalue weighted by molar-refractivity contribution is 7.91. The van der Waals surface area contributed by atoms with Gasteiger partial charge in [0, 0.05) is 0 Å². The maximum atomic E-state index is 12.6. The van der Waals surface area contributed by atoms with E-state index < -0.39 is 9.84 Å². The number of hydrogen-bond acceptors (Lipinski definition) is 4. The minimum Gasteiger partial charge on any atom is -0.508 e. The largest absolute Gasteiger partial charge is 0.508 e. The molecule has 2 rings (SSSR count). The van der Waals surface area contributed by atoms with Gasteiger partial charge in [0.25, 0.3) is 0 Å². The van der Waals surface area contributed by atoms with Gasteiger partial charge < -0.3 is 10.2 Å². The molecular weight excluding hydrogens is 300 g/mol. The number of rotatable bonds is 6. The van der Waals surface area contributed by atoms with Crippen LogP contribution in [0.25, 0.3) is 0 Å². The molecule has 0 aliphatic carbocycles. The number of aromatic hydroxyl groups is 2. The zero-order chi connectivity index (χ0) is 16.2. The average Bonchev–Trinajstić information content (AvgIpc) is 2.49. The quantitative estimate of drug-likeness (QED) is 0.797. The maximum absolute atomic E-state index is 12.6. The Morgan fingerprint density at radius 2 is 1.55 bits per heavy atom. The Bertz CT molecular complexity index is 734. The molecule has 0 spiro atoms. The van der Waals surface area contributed by atoms with Gasteiger partial charge in [-0.25, -0.2) is 8.42 Å². The van der Waals surface area contributed by atoms with Crippen LogP contribution in [0, 0.1) is 0 Å². The Hall–Kier alpha value is -2.01. The molecule has 0 aliphatic heterocycles. The zero-order valence-corrected chi connectivity index (χ0v) is 13.3. The molecule has 0 radical (unpaired) electrons. The highest BCUT2D eigenvalue weighted by Gasteiger charge is 2.19. The van der Waals surface area contributed by atoms with Crippen molar-refractivity contribution in [2.24, 2.45) is 0 Å². The standard InChI is InChI=1S/C17H20O4S/c1-2-3-4-5-13-12-16(10-11-17(13)19)22(20,21)15-8-6-14(18)7-9-15/h6-12,18-19H,2-5H2,1H3. The SMILES string of the molecule is CCCCCc1cc(S(=O)(=O)c2ccc(O)cc2)ccc1O. The van der Waals surface area contributed by atoms with Crippen molar-refractivity contribution in [3.63, 3.8) is 0 Å². The van der Waals surface area contributed by atoms with E-state index >= 15 is 0 Å². The van der Waals surface area contributed by atoms with E-state index in [1.54, 1.807) is 0 Å². The molecule has 0 saturated heterocycles. The normalized spacial score (nSPS) is 11.5. The van der Waals surface area contributed by atoms with E-state index in [1.165, 1.54) is 42.5 Å². The van der Waals surface area contributed by atoms with Gasteiger partial charge in [-0.15, -0.1) is 0 Å². The number of phenolic OH excluding ortho intramolecular Hbond substituents is 2. The van der Waals surface area contributed by atoms with Gasteiger partial charge in [-0.2, -0.15) is 0 Å². The van der Waals surface area contributed by atoms with Crippen LogP contribution in [0.15, 0.2) is 52.3 Å². The first-order chi connectivity index (χ1) is 10.4. The molecule has 4 nitrogen and oxygen atoms in total. The Morgan fingerprint density at radius 3 is 2.18 bits per heavy atom. The topological polar surface area (TPSA) is 74.6 Å². The van der Waals surface area contributed by atoms with Gasteiger partial charge in [0.15, 0.2) is 0 Å². The first-order valence-electron chi connectivity index (χ1n) is 7.31. The second-order valence-corrected chi connectivity index (χ2v) is 7.19. The molecule has 0 bridgehead atoms. The van der Waals surface area contributed by atoms with Crippen LogP contribution in [0.4, 0.5) is 0 Å². The summed E-state index contributed by atoms with van der Waals surface area (Å²) in [5.74, 6) is 0.144. The molecule has 0 atom stereocenters. The Labute approximate surface area is 131 Å². The lowest BCUT2D eigenvalue weighted by molar-refractivity contribution is 0.465. The number of hydrogen-bond donors (Lipinski definition) is 2. The summed E-state index contributed by atoms with van der Waals surface area (Å²) in [6, 6.07) is 9.79. The van der Waals surface area contributed by atoms with Gasteiger partial charge in [0.1, 0.15) is 11.5 Å². The Morgan fingerprint density at radius 1 is 0.909 bits per heavy atom. The molecule has 5 heteroatoms. The summed E-state index contributed by atoms with van der Waals surface area (Å²) in [6.07, 6.45) is 3.66. The summed E-state index contributed by atoms with van der Waals surface area (Å²) >= 11 is 0. The molecule has 0 fully saturated rings. The lowest BCUT2D eigenvalue weighted by Gasteiger charge is -2.09. The predicted octanol–water partition coefficient (Wildman–Crippen LogP) is 3.66. The van der Waals surface area contributed by atoms with Crippen LogP contribution in [-0.2, 0) is 16.3 Å². The van der Waals surface area contributed by atoms with Crippen LogP contribution in [0.2, 0.25) is 0 Å². The van der Waals surface area contributed by atoms with Crippen LogP contribution < -0.4 is 0 Å². The van der Waals surface area contributed by atoms with Crippen molar-refractivity contribution in [3.05, 3.63) is 48.0 Å². The van der Waals surface area contributed by atoms with Gasteiger partial charge in [-0.05, 0) is 60.9 Å². The second kappa shape index (κ2) is 6.83.